The molecular formula is C56H98O6. The number of hydrogen-bond acceptors (Lipinski definition) is 6. The Balaban J connectivity index is 4.44. The summed E-state index contributed by atoms with van der Waals surface area (Å²) in [6.45, 7) is 6.47. The summed E-state index contributed by atoms with van der Waals surface area (Å²) in [6.07, 6.45) is 62.1. The quantitative estimate of drug-likeness (QED) is 0.0262. The normalized spacial score (nSPS) is 12.5. The molecule has 0 rings (SSSR count). The molecule has 0 N–H and O–H groups in total. The minimum Gasteiger partial charge on any atom is -0.462 e. The van der Waals surface area contributed by atoms with Crippen LogP contribution in [0.2, 0.25) is 0 Å². The van der Waals surface area contributed by atoms with E-state index in [-0.39, 0.29) is 37.5 Å². The van der Waals surface area contributed by atoms with Gasteiger partial charge in [0.05, 0.1) is 0 Å². The minimum absolute atomic E-state index is 0.0963. The molecule has 0 aliphatic carbocycles. The number of hydrogen-bond donors (Lipinski definition) is 0. The monoisotopic (exact) mass is 867 g/mol. The lowest BCUT2D eigenvalue weighted by molar-refractivity contribution is -0.166. The summed E-state index contributed by atoms with van der Waals surface area (Å²) >= 11 is 0. The van der Waals surface area contributed by atoms with Gasteiger partial charge in [-0.05, 0) is 70.6 Å². The standard InChI is InChI=1S/C56H98O6/c1-4-7-10-13-16-19-22-25-27-29-31-34-37-40-43-46-49-55(58)61-52-53(51-60-54(57)48-45-42-39-36-33-30-24-21-18-15-12-9-6-3)62-56(59)50-47-44-41-38-35-32-28-26-23-20-17-14-11-8-5-2/h7,10,16,19,25,27,30,33,39,42,53H,4-6,8-9,11-15,17-18,20-24,26,28-29,31-32,34-38,40-41,43-52H2,1-3H3/b10-7+,19-16+,27-25+,33-30+,42-39+. The predicted octanol–water partition coefficient (Wildman–Crippen LogP) is 17.3. The van der Waals surface area contributed by atoms with Crippen LogP contribution in [-0.2, 0) is 28.6 Å². The Morgan fingerprint density at radius 2 is 0.661 bits per heavy atom. The molecule has 62 heavy (non-hydrogen) atoms. The zero-order chi connectivity index (χ0) is 45.1. The van der Waals surface area contributed by atoms with E-state index < -0.39 is 6.10 Å². The lowest BCUT2D eigenvalue weighted by Crippen LogP contribution is -2.30. The highest BCUT2D eigenvalue weighted by molar-refractivity contribution is 5.71. The number of esters is 3. The molecule has 358 valence electrons. The maximum atomic E-state index is 12.8. The van der Waals surface area contributed by atoms with Crippen LogP contribution in [0.25, 0.3) is 0 Å². The highest BCUT2D eigenvalue weighted by Crippen LogP contribution is 2.15. The van der Waals surface area contributed by atoms with Crippen molar-refractivity contribution in [1.29, 1.82) is 0 Å². The van der Waals surface area contributed by atoms with Crippen LogP contribution in [0.4, 0.5) is 0 Å². The Morgan fingerprint density at radius 3 is 1.08 bits per heavy atom. The molecule has 0 amide bonds. The van der Waals surface area contributed by atoms with Crippen LogP contribution >= 0.6 is 0 Å². The smallest absolute Gasteiger partial charge is 0.306 e. The van der Waals surface area contributed by atoms with Crippen LogP contribution in [0, 0.1) is 0 Å². The van der Waals surface area contributed by atoms with Gasteiger partial charge in [0.2, 0.25) is 0 Å². The van der Waals surface area contributed by atoms with Crippen molar-refractivity contribution in [1.82, 2.24) is 0 Å². The number of carbonyl (C=O) groups is 3. The highest BCUT2D eigenvalue weighted by Gasteiger charge is 2.19. The third-order valence-corrected chi connectivity index (χ3v) is 11.3. The first-order chi connectivity index (χ1) is 30.5. The molecule has 0 heterocycles. The molecule has 6 nitrogen and oxygen atoms in total. The van der Waals surface area contributed by atoms with Crippen molar-refractivity contribution in [3.05, 3.63) is 60.8 Å². The van der Waals surface area contributed by atoms with Gasteiger partial charge in [-0.2, -0.15) is 0 Å². The van der Waals surface area contributed by atoms with E-state index in [1.165, 1.54) is 135 Å². The Morgan fingerprint density at radius 1 is 0.339 bits per heavy atom. The van der Waals surface area contributed by atoms with Crippen LogP contribution < -0.4 is 0 Å². The molecule has 0 aliphatic rings. The summed E-state index contributed by atoms with van der Waals surface area (Å²) in [7, 11) is 0. The van der Waals surface area contributed by atoms with Crippen LogP contribution in [0.5, 0.6) is 0 Å². The molecule has 1 unspecified atom stereocenters. The van der Waals surface area contributed by atoms with Gasteiger partial charge in [-0.1, -0.05) is 229 Å². The largest absolute Gasteiger partial charge is 0.462 e. The first-order valence-electron chi connectivity index (χ1n) is 26.3. The molecule has 0 spiro atoms. The Kier molecular flexibility index (Phi) is 48.4. The predicted molar refractivity (Wildman–Crippen MR) is 265 cm³/mol. The van der Waals surface area contributed by atoms with Gasteiger partial charge in [-0.25, -0.2) is 0 Å². The molecule has 0 bridgehead atoms. The van der Waals surface area contributed by atoms with Crippen molar-refractivity contribution < 1.29 is 28.6 Å². The van der Waals surface area contributed by atoms with Crippen molar-refractivity contribution in [3.63, 3.8) is 0 Å². The highest BCUT2D eigenvalue weighted by atomic mass is 16.6. The molecule has 0 aromatic carbocycles. The summed E-state index contributed by atoms with van der Waals surface area (Å²) in [6, 6.07) is 0. The SMILES string of the molecule is CC/C=C/C/C=C/C/C=C/CCCCCCCCC(=O)OCC(COC(=O)CC/C=C/C/C=C/CCCCCCCC)OC(=O)CCCCCCCCCCCCCCCCC. The lowest BCUT2D eigenvalue weighted by atomic mass is 10.0. The van der Waals surface area contributed by atoms with Crippen LogP contribution in [0.1, 0.15) is 258 Å². The number of ether oxygens (including phenoxy) is 3. The third kappa shape index (κ3) is 48.1. The Bertz CT molecular complexity index is 1130. The summed E-state index contributed by atoms with van der Waals surface area (Å²) in [5.74, 6) is -0.971. The van der Waals surface area contributed by atoms with E-state index in [1.807, 2.05) is 6.08 Å². The Labute approximate surface area is 383 Å². The van der Waals surface area contributed by atoms with Gasteiger partial charge in [0.1, 0.15) is 13.2 Å². The second-order valence-electron chi connectivity index (χ2n) is 17.4. The second-order valence-corrected chi connectivity index (χ2v) is 17.4. The van der Waals surface area contributed by atoms with Gasteiger partial charge in [0.25, 0.3) is 0 Å². The van der Waals surface area contributed by atoms with E-state index in [2.05, 4.69) is 75.5 Å². The molecule has 6 heteroatoms. The topological polar surface area (TPSA) is 78.9 Å². The fraction of sp³-hybridized carbons (Fsp3) is 0.768. The molecule has 0 radical (unpaired) electrons. The van der Waals surface area contributed by atoms with Crippen molar-refractivity contribution >= 4 is 17.9 Å². The van der Waals surface area contributed by atoms with Gasteiger partial charge < -0.3 is 14.2 Å². The summed E-state index contributed by atoms with van der Waals surface area (Å²) in [5, 5.41) is 0. The molecule has 0 aromatic rings. The van der Waals surface area contributed by atoms with Gasteiger partial charge in [-0.15, -0.1) is 0 Å². The average molecular weight is 867 g/mol. The number of rotatable bonds is 47. The van der Waals surface area contributed by atoms with Crippen molar-refractivity contribution in [3.8, 4) is 0 Å². The van der Waals surface area contributed by atoms with E-state index in [9.17, 15) is 14.4 Å². The molecule has 0 fully saturated rings. The maximum Gasteiger partial charge on any atom is 0.306 e. The number of unbranched alkanes of at least 4 members (excludes halogenated alkanes) is 26. The van der Waals surface area contributed by atoms with E-state index in [0.717, 1.165) is 77.0 Å². The first-order valence-corrected chi connectivity index (χ1v) is 26.3. The number of carbonyl (C=O) groups excluding carboxylic acids is 3. The van der Waals surface area contributed by atoms with E-state index in [1.54, 1.807) is 0 Å². The van der Waals surface area contributed by atoms with Crippen LogP contribution in [0.15, 0.2) is 60.8 Å². The van der Waals surface area contributed by atoms with Crippen molar-refractivity contribution in [2.24, 2.45) is 0 Å². The fourth-order valence-corrected chi connectivity index (χ4v) is 7.33. The zero-order valence-corrected chi connectivity index (χ0v) is 40.9. The van der Waals surface area contributed by atoms with Crippen LogP contribution in [0.3, 0.4) is 0 Å². The second kappa shape index (κ2) is 50.8. The summed E-state index contributed by atoms with van der Waals surface area (Å²) < 4.78 is 16.7. The molecule has 0 saturated heterocycles. The van der Waals surface area contributed by atoms with E-state index in [0.29, 0.717) is 19.3 Å². The van der Waals surface area contributed by atoms with Crippen molar-refractivity contribution in [2.75, 3.05) is 13.2 Å². The Hall–Kier alpha value is -2.89. The maximum absolute atomic E-state index is 12.8. The van der Waals surface area contributed by atoms with Gasteiger partial charge in [0, 0.05) is 19.3 Å². The van der Waals surface area contributed by atoms with Crippen LogP contribution in [-0.4, -0.2) is 37.2 Å². The van der Waals surface area contributed by atoms with Crippen molar-refractivity contribution in [2.45, 2.75) is 264 Å². The van der Waals surface area contributed by atoms with Gasteiger partial charge in [-0.3, -0.25) is 14.4 Å². The minimum atomic E-state index is -0.799. The molecule has 1 atom stereocenters. The first kappa shape index (κ1) is 59.1. The lowest BCUT2D eigenvalue weighted by Gasteiger charge is -2.18. The third-order valence-electron chi connectivity index (χ3n) is 11.3. The fourth-order valence-electron chi connectivity index (χ4n) is 7.33. The summed E-state index contributed by atoms with van der Waals surface area (Å²) in [4.78, 5) is 37.9. The molecule has 0 saturated carbocycles. The summed E-state index contributed by atoms with van der Waals surface area (Å²) in [5.41, 5.74) is 0. The molecule has 0 aromatic heterocycles. The molecular weight excluding hydrogens is 769 g/mol. The average Bonchev–Trinajstić information content (AvgIpc) is 3.27. The molecule has 0 aliphatic heterocycles. The number of allylic oxidation sites excluding steroid dienone is 10. The van der Waals surface area contributed by atoms with Gasteiger partial charge >= 0.3 is 17.9 Å². The van der Waals surface area contributed by atoms with Gasteiger partial charge in [0.15, 0.2) is 6.10 Å². The van der Waals surface area contributed by atoms with E-state index >= 15 is 0 Å². The zero-order valence-electron chi connectivity index (χ0n) is 40.9. The van der Waals surface area contributed by atoms with E-state index in [4.69, 9.17) is 14.2 Å².